The van der Waals surface area contributed by atoms with E-state index in [1.165, 1.54) is 14.2 Å². The first-order valence-corrected chi connectivity index (χ1v) is 6.36. The molecule has 0 N–H and O–H groups in total. The Kier molecular flexibility index (Phi) is 5.72. The Morgan fingerprint density at radius 3 is 1.40 bits per heavy atom. The molecule has 20 heavy (non-hydrogen) atoms. The molecular weight excluding hydrogens is 256 g/mol. The van der Waals surface area contributed by atoms with Crippen LogP contribution in [0.25, 0.3) is 10.8 Å². The summed E-state index contributed by atoms with van der Waals surface area (Å²) < 4.78 is 9.30. The maximum Gasteiger partial charge on any atom is 0.337 e. The van der Waals surface area contributed by atoms with Crippen LogP contribution in [0.15, 0.2) is 36.4 Å². The van der Waals surface area contributed by atoms with E-state index in [1.807, 2.05) is 13.8 Å². The number of carbonyl (C=O) groups is 2. The lowest BCUT2D eigenvalue weighted by atomic mass is 10.0. The van der Waals surface area contributed by atoms with Gasteiger partial charge in [-0.15, -0.1) is 0 Å². The molecule has 2 aromatic rings. The summed E-state index contributed by atoms with van der Waals surface area (Å²) in [5, 5.41) is 1.73. The normalized spacial score (nSPS) is 9.40. The third-order valence-corrected chi connectivity index (χ3v) is 2.68. The minimum Gasteiger partial charge on any atom is -0.465 e. The summed E-state index contributed by atoms with van der Waals surface area (Å²) >= 11 is 0. The van der Waals surface area contributed by atoms with E-state index < -0.39 is 0 Å². The quantitative estimate of drug-likeness (QED) is 0.787. The Balaban J connectivity index is 0.000000956. The standard InChI is InChI=1S/C14H12O4.C2H6/c1-17-13(15)11-5-3-10-8-12(14(16)18-2)6-4-9(10)7-11;1-2/h3-8H,1-2H3;1-2H3. The fourth-order valence-corrected chi connectivity index (χ4v) is 1.74. The highest BCUT2D eigenvalue weighted by Gasteiger charge is 2.08. The van der Waals surface area contributed by atoms with Crippen LogP contribution in [0.2, 0.25) is 0 Å². The third-order valence-electron chi connectivity index (χ3n) is 2.68. The molecule has 0 aliphatic carbocycles. The number of carbonyl (C=O) groups excluding carboxylic acids is 2. The predicted octanol–water partition coefficient (Wildman–Crippen LogP) is 3.44. The van der Waals surface area contributed by atoms with Crippen LogP contribution >= 0.6 is 0 Å². The molecule has 4 nitrogen and oxygen atoms in total. The van der Waals surface area contributed by atoms with Crippen LogP contribution in [0, 0.1) is 0 Å². The van der Waals surface area contributed by atoms with E-state index in [-0.39, 0.29) is 11.9 Å². The lowest BCUT2D eigenvalue weighted by Gasteiger charge is -2.04. The lowest BCUT2D eigenvalue weighted by Crippen LogP contribution is -2.02. The first-order valence-electron chi connectivity index (χ1n) is 6.36. The van der Waals surface area contributed by atoms with Crippen molar-refractivity contribution in [3.8, 4) is 0 Å². The highest BCUT2D eigenvalue weighted by molar-refractivity contribution is 5.98. The maximum absolute atomic E-state index is 11.4. The topological polar surface area (TPSA) is 52.6 Å². The Labute approximate surface area is 118 Å². The van der Waals surface area contributed by atoms with E-state index in [0.29, 0.717) is 11.1 Å². The van der Waals surface area contributed by atoms with E-state index in [2.05, 4.69) is 9.47 Å². The summed E-state index contributed by atoms with van der Waals surface area (Å²) in [6, 6.07) is 10.3. The van der Waals surface area contributed by atoms with E-state index >= 15 is 0 Å². The molecule has 0 amide bonds. The second-order valence-corrected chi connectivity index (χ2v) is 3.76. The molecule has 0 fully saturated rings. The molecule has 0 atom stereocenters. The Morgan fingerprint density at radius 1 is 0.750 bits per heavy atom. The minimum absolute atomic E-state index is 0.381. The molecule has 106 valence electrons. The van der Waals surface area contributed by atoms with Gasteiger partial charge in [-0.2, -0.15) is 0 Å². The smallest absolute Gasteiger partial charge is 0.337 e. The summed E-state index contributed by atoms with van der Waals surface area (Å²) in [7, 11) is 2.68. The van der Waals surface area contributed by atoms with Crippen molar-refractivity contribution in [2.75, 3.05) is 14.2 Å². The first-order chi connectivity index (χ1) is 9.65. The Morgan fingerprint density at radius 2 is 1.10 bits per heavy atom. The molecule has 0 saturated heterocycles. The van der Waals surface area contributed by atoms with Crippen LogP contribution in [0.3, 0.4) is 0 Å². The van der Waals surface area contributed by atoms with Crippen LogP contribution in [-0.2, 0) is 9.47 Å². The van der Waals surface area contributed by atoms with E-state index in [1.54, 1.807) is 36.4 Å². The molecule has 0 unspecified atom stereocenters. The number of esters is 2. The first kappa shape index (κ1) is 15.7. The van der Waals surface area contributed by atoms with Gasteiger partial charge in [-0.1, -0.05) is 26.0 Å². The number of hydrogen-bond acceptors (Lipinski definition) is 4. The van der Waals surface area contributed by atoms with Gasteiger partial charge in [0.2, 0.25) is 0 Å². The largest absolute Gasteiger partial charge is 0.465 e. The van der Waals surface area contributed by atoms with Gasteiger partial charge >= 0.3 is 11.9 Å². The van der Waals surface area contributed by atoms with Gasteiger partial charge in [-0.25, -0.2) is 9.59 Å². The van der Waals surface area contributed by atoms with Crippen molar-refractivity contribution in [2.24, 2.45) is 0 Å². The summed E-state index contributed by atoms with van der Waals surface area (Å²) in [6.45, 7) is 4.00. The van der Waals surface area contributed by atoms with Crippen molar-refractivity contribution in [1.29, 1.82) is 0 Å². The van der Waals surface area contributed by atoms with Gasteiger partial charge in [-0.05, 0) is 35.0 Å². The highest BCUT2D eigenvalue weighted by atomic mass is 16.5. The minimum atomic E-state index is -0.381. The summed E-state index contributed by atoms with van der Waals surface area (Å²) in [6.07, 6.45) is 0. The molecule has 0 heterocycles. The van der Waals surface area contributed by atoms with Crippen LogP contribution in [-0.4, -0.2) is 26.2 Å². The second kappa shape index (κ2) is 7.28. The number of fused-ring (bicyclic) bond motifs is 1. The molecular formula is C16H18O4. The Bertz CT molecular complexity index is 562. The molecule has 0 saturated carbocycles. The molecule has 2 aromatic carbocycles. The van der Waals surface area contributed by atoms with Crippen LogP contribution in [0.1, 0.15) is 34.6 Å². The van der Waals surface area contributed by atoms with Crippen LogP contribution in [0.5, 0.6) is 0 Å². The second-order valence-electron chi connectivity index (χ2n) is 3.76. The number of benzene rings is 2. The molecule has 2 rings (SSSR count). The summed E-state index contributed by atoms with van der Waals surface area (Å²) in [5.41, 5.74) is 0.964. The number of hydrogen-bond donors (Lipinski definition) is 0. The van der Waals surface area contributed by atoms with Crippen molar-refractivity contribution in [1.82, 2.24) is 0 Å². The van der Waals surface area contributed by atoms with E-state index in [4.69, 9.17) is 0 Å². The van der Waals surface area contributed by atoms with Gasteiger partial charge in [-0.3, -0.25) is 0 Å². The maximum atomic E-state index is 11.4. The van der Waals surface area contributed by atoms with Crippen molar-refractivity contribution < 1.29 is 19.1 Å². The molecule has 0 bridgehead atoms. The molecule has 0 aliphatic heterocycles. The van der Waals surface area contributed by atoms with Gasteiger partial charge in [0.25, 0.3) is 0 Å². The van der Waals surface area contributed by atoms with Crippen LogP contribution in [0.4, 0.5) is 0 Å². The van der Waals surface area contributed by atoms with Crippen molar-refractivity contribution in [3.05, 3.63) is 47.5 Å². The fourth-order valence-electron chi connectivity index (χ4n) is 1.74. The molecule has 0 radical (unpaired) electrons. The average Bonchev–Trinajstić information content (AvgIpc) is 2.54. The number of ether oxygens (including phenoxy) is 2. The molecule has 0 aromatic heterocycles. The number of rotatable bonds is 2. The Hall–Kier alpha value is -2.36. The molecule has 0 spiro atoms. The van der Waals surface area contributed by atoms with Crippen molar-refractivity contribution in [2.45, 2.75) is 13.8 Å². The highest BCUT2D eigenvalue weighted by Crippen LogP contribution is 2.19. The van der Waals surface area contributed by atoms with Gasteiger partial charge < -0.3 is 9.47 Å². The van der Waals surface area contributed by atoms with Crippen LogP contribution < -0.4 is 0 Å². The van der Waals surface area contributed by atoms with Crippen molar-refractivity contribution >= 4 is 22.7 Å². The zero-order chi connectivity index (χ0) is 15.1. The van der Waals surface area contributed by atoms with E-state index in [0.717, 1.165) is 10.8 Å². The molecule has 0 aliphatic rings. The third kappa shape index (κ3) is 3.35. The van der Waals surface area contributed by atoms with Crippen molar-refractivity contribution in [3.63, 3.8) is 0 Å². The zero-order valence-electron chi connectivity index (χ0n) is 12.1. The van der Waals surface area contributed by atoms with Gasteiger partial charge in [0.15, 0.2) is 0 Å². The van der Waals surface area contributed by atoms with Gasteiger partial charge in [0.05, 0.1) is 25.3 Å². The SMILES string of the molecule is CC.COC(=O)c1ccc2cc(C(=O)OC)ccc2c1. The van der Waals surface area contributed by atoms with E-state index in [9.17, 15) is 9.59 Å². The van der Waals surface area contributed by atoms with Gasteiger partial charge in [0, 0.05) is 0 Å². The summed E-state index contributed by atoms with van der Waals surface area (Å²) in [5.74, 6) is -0.761. The monoisotopic (exact) mass is 274 g/mol. The van der Waals surface area contributed by atoms with Gasteiger partial charge in [0.1, 0.15) is 0 Å². The fraction of sp³-hybridized carbons (Fsp3) is 0.250. The molecule has 4 heteroatoms. The average molecular weight is 274 g/mol. The zero-order valence-corrected chi connectivity index (χ0v) is 12.1. The summed E-state index contributed by atoms with van der Waals surface area (Å²) in [4.78, 5) is 22.8. The number of methoxy groups -OCH3 is 2. The lowest BCUT2D eigenvalue weighted by molar-refractivity contribution is 0.0591. The predicted molar refractivity (Wildman–Crippen MR) is 78.0 cm³/mol.